The molecule has 1 N–H and O–H groups in total. The molecule has 1 unspecified atom stereocenters. The van der Waals surface area contributed by atoms with Crippen LogP contribution >= 0.6 is 15.9 Å². The van der Waals surface area contributed by atoms with Gasteiger partial charge < -0.3 is 5.11 Å². The maximum absolute atomic E-state index is 11.0. The van der Waals surface area contributed by atoms with Gasteiger partial charge in [0.25, 0.3) is 0 Å². The van der Waals surface area contributed by atoms with Crippen LogP contribution in [0.1, 0.15) is 53.4 Å². The van der Waals surface area contributed by atoms with Crippen LogP contribution in [0.15, 0.2) is 34.9 Å². The maximum atomic E-state index is 11.0. The lowest BCUT2D eigenvalue weighted by Gasteiger charge is -2.21. The molecule has 0 aromatic carbocycles. The maximum Gasteiger partial charge on any atom is 0.309 e. The van der Waals surface area contributed by atoms with Gasteiger partial charge in [0.2, 0.25) is 0 Å². The zero-order valence-electron chi connectivity index (χ0n) is 13.1. The van der Waals surface area contributed by atoms with Crippen molar-refractivity contribution < 1.29 is 9.90 Å². The number of allylic oxidation sites excluding steroid dienone is 5. The summed E-state index contributed by atoms with van der Waals surface area (Å²) in [5.41, 5.74) is 0.489. The van der Waals surface area contributed by atoms with E-state index in [1.54, 1.807) is 13.8 Å². The zero-order valence-corrected chi connectivity index (χ0v) is 14.7. The number of carboxylic acids is 1. The Bertz CT molecular complexity index is 388. The summed E-state index contributed by atoms with van der Waals surface area (Å²) in [6.45, 7) is 11.8. The lowest BCUT2D eigenvalue weighted by Crippen LogP contribution is -2.24. The van der Waals surface area contributed by atoms with E-state index in [4.69, 9.17) is 5.11 Å². The van der Waals surface area contributed by atoms with Crippen molar-refractivity contribution in [3.63, 3.8) is 0 Å². The topological polar surface area (TPSA) is 37.3 Å². The zero-order chi connectivity index (χ0) is 15.8. The van der Waals surface area contributed by atoms with Gasteiger partial charge in [0.15, 0.2) is 0 Å². The van der Waals surface area contributed by atoms with Crippen LogP contribution in [0.2, 0.25) is 0 Å². The van der Waals surface area contributed by atoms with E-state index in [-0.39, 0.29) is 0 Å². The molecule has 0 heterocycles. The normalized spacial score (nSPS) is 14.6. The molecule has 0 saturated heterocycles. The smallest absolute Gasteiger partial charge is 0.309 e. The van der Waals surface area contributed by atoms with Crippen LogP contribution in [0, 0.1) is 11.3 Å². The summed E-state index contributed by atoms with van der Waals surface area (Å²) in [6, 6.07) is 0. The molecular formula is C17H27BrO2. The van der Waals surface area contributed by atoms with Gasteiger partial charge in [-0.3, -0.25) is 4.79 Å². The lowest BCUT2D eigenvalue weighted by molar-refractivity contribution is -0.147. The molecule has 0 aliphatic rings. The molecular weight excluding hydrogens is 316 g/mol. The van der Waals surface area contributed by atoms with Gasteiger partial charge in [0.1, 0.15) is 0 Å². The average molecular weight is 343 g/mol. The minimum atomic E-state index is -0.714. The van der Waals surface area contributed by atoms with Crippen LogP contribution < -0.4 is 0 Å². The van der Waals surface area contributed by atoms with Crippen molar-refractivity contribution in [1.82, 2.24) is 0 Å². The largest absolute Gasteiger partial charge is 0.481 e. The summed E-state index contributed by atoms with van der Waals surface area (Å²) < 4.78 is 1.09. The minimum Gasteiger partial charge on any atom is -0.481 e. The first-order chi connectivity index (χ1) is 9.15. The Balaban J connectivity index is 4.03. The van der Waals surface area contributed by atoms with Crippen LogP contribution in [-0.2, 0) is 4.79 Å². The molecule has 20 heavy (non-hydrogen) atoms. The van der Waals surface area contributed by atoms with E-state index in [0.717, 1.165) is 35.7 Å². The van der Waals surface area contributed by atoms with E-state index in [1.165, 1.54) is 0 Å². The molecule has 0 bridgehead atoms. The van der Waals surface area contributed by atoms with Crippen molar-refractivity contribution in [3.05, 3.63) is 34.9 Å². The monoisotopic (exact) mass is 342 g/mol. The summed E-state index contributed by atoms with van der Waals surface area (Å²) >= 11 is 3.37. The van der Waals surface area contributed by atoms with Crippen LogP contribution in [0.5, 0.6) is 0 Å². The standard InChI is InChI=1S/C17H27BrO2/c1-13(7-6-8-15(3)18)9-10-14(2)11-12-17(4,5)16(19)20/h6-8,14H,1,9-12H2,2-5H3,(H,19,20)/b7-6-,15-8+. The number of rotatable bonds is 9. The van der Waals surface area contributed by atoms with E-state index >= 15 is 0 Å². The SMILES string of the molecule is C=C(/C=C\C=C(/C)Br)CCC(C)CCC(C)(C)C(=O)O. The predicted octanol–water partition coefficient (Wildman–Crippen LogP) is 5.70. The summed E-state index contributed by atoms with van der Waals surface area (Å²) in [6.07, 6.45) is 9.68. The van der Waals surface area contributed by atoms with E-state index < -0.39 is 11.4 Å². The second-order valence-electron chi connectivity index (χ2n) is 6.14. The summed E-state index contributed by atoms with van der Waals surface area (Å²) in [5.74, 6) is -0.193. The first-order valence-corrected chi connectivity index (χ1v) is 7.86. The third-order valence-corrected chi connectivity index (χ3v) is 3.72. The Hall–Kier alpha value is -0.830. The highest BCUT2D eigenvalue weighted by Gasteiger charge is 2.26. The van der Waals surface area contributed by atoms with E-state index in [0.29, 0.717) is 5.92 Å². The highest BCUT2D eigenvalue weighted by molar-refractivity contribution is 9.11. The quantitative estimate of drug-likeness (QED) is 0.545. The summed E-state index contributed by atoms with van der Waals surface area (Å²) in [7, 11) is 0. The Morgan fingerprint density at radius 3 is 2.50 bits per heavy atom. The third-order valence-electron chi connectivity index (χ3n) is 3.46. The summed E-state index contributed by atoms with van der Waals surface area (Å²) in [5, 5.41) is 9.08. The number of halogens is 1. The third kappa shape index (κ3) is 9.13. The molecule has 0 aliphatic heterocycles. The van der Waals surface area contributed by atoms with Crippen LogP contribution in [0.3, 0.4) is 0 Å². The molecule has 0 rings (SSSR count). The predicted molar refractivity (Wildman–Crippen MR) is 90.0 cm³/mol. The van der Waals surface area contributed by atoms with Crippen molar-refractivity contribution in [2.24, 2.45) is 11.3 Å². The second-order valence-corrected chi connectivity index (χ2v) is 7.39. The highest BCUT2D eigenvalue weighted by Crippen LogP contribution is 2.27. The van der Waals surface area contributed by atoms with Crippen molar-refractivity contribution in [2.45, 2.75) is 53.4 Å². The van der Waals surface area contributed by atoms with Gasteiger partial charge >= 0.3 is 5.97 Å². The molecule has 3 heteroatoms. The van der Waals surface area contributed by atoms with Gasteiger partial charge in [-0.25, -0.2) is 0 Å². The van der Waals surface area contributed by atoms with Crippen LogP contribution in [0.4, 0.5) is 0 Å². The molecule has 0 aliphatic carbocycles. The summed E-state index contributed by atoms with van der Waals surface area (Å²) in [4.78, 5) is 11.0. The van der Waals surface area contributed by atoms with Gasteiger partial charge in [-0.15, -0.1) is 0 Å². The molecule has 0 aromatic rings. The molecule has 0 fully saturated rings. The van der Waals surface area contributed by atoms with Crippen molar-refractivity contribution in [1.29, 1.82) is 0 Å². The van der Waals surface area contributed by atoms with Gasteiger partial charge in [0, 0.05) is 0 Å². The van der Waals surface area contributed by atoms with Gasteiger partial charge in [-0.1, -0.05) is 53.2 Å². The van der Waals surface area contributed by atoms with Gasteiger partial charge in [-0.05, 0) is 56.9 Å². The first kappa shape index (κ1) is 19.2. The Kier molecular flexibility index (Phi) is 8.79. The fraction of sp³-hybridized carbons (Fsp3) is 0.588. The minimum absolute atomic E-state index is 0.521. The van der Waals surface area contributed by atoms with Gasteiger partial charge in [0.05, 0.1) is 5.41 Å². The first-order valence-electron chi connectivity index (χ1n) is 7.07. The molecule has 0 saturated carbocycles. The highest BCUT2D eigenvalue weighted by atomic mass is 79.9. The number of carboxylic acid groups (broad SMARTS) is 1. The van der Waals surface area contributed by atoms with Gasteiger partial charge in [-0.2, -0.15) is 0 Å². The fourth-order valence-corrected chi connectivity index (χ4v) is 1.84. The number of carbonyl (C=O) groups is 1. The van der Waals surface area contributed by atoms with E-state index in [1.807, 2.05) is 25.2 Å². The average Bonchev–Trinajstić information content (AvgIpc) is 2.33. The molecule has 0 amide bonds. The Labute approximate surface area is 131 Å². The second kappa shape index (κ2) is 9.17. The van der Waals surface area contributed by atoms with Crippen LogP contribution in [-0.4, -0.2) is 11.1 Å². The van der Waals surface area contributed by atoms with Crippen LogP contribution in [0.25, 0.3) is 0 Å². The number of aliphatic carboxylic acids is 1. The lowest BCUT2D eigenvalue weighted by atomic mass is 9.84. The molecule has 114 valence electrons. The Morgan fingerprint density at radius 1 is 1.40 bits per heavy atom. The Morgan fingerprint density at radius 2 is 2.00 bits per heavy atom. The molecule has 1 atom stereocenters. The number of hydrogen-bond acceptors (Lipinski definition) is 1. The molecule has 0 spiro atoms. The van der Waals surface area contributed by atoms with Crippen molar-refractivity contribution in [2.75, 3.05) is 0 Å². The molecule has 0 aromatic heterocycles. The molecule has 0 radical (unpaired) electrons. The van der Waals surface area contributed by atoms with E-state index in [9.17, 15) is 4.79 Å². The molecule has 2 nitrogen and oxygen atoms in total. The van der Waals surface area contributed by atoms with Crippen molar-refractivity contribution >= 4 is 21.9 Å². The fourth-order valence-electron chi connectivity index (χ4n) is 1.69. The number of hydrogen-bond donors (Lipinski definition) is 1. The van der Waals surface area contributed by atoms with E-state index in [2.05, 4.69) is 29.4 Å². The van der Waals surface area contributed by atoms with Crippen molar-refractivity contribution in [3.8, 4) is 0 Å².